The molecule has 0 saturated heterocycles. The predicted octanol–water partition coefficient (Wildman–Crippen LogP) is 6.84. The van der Waals surface area contributed by atoms with E-state index in [4.69, 9.17) is 10.1 Å². The zero-order valence-electron chi connectivity index (χ0n) is 19.2. The van der Waals surface area contributed by atoms with Gasteiger partial charge in [-0.25, -0.2) is 4.98 Å². The lowest BCUT2D eigenvalue weighted by molar-refractivity contribution is -0.274. The SMILES string of the molecule is CC1(C)CCCC(n2c(Nc3ccc(OC(F)(F)F)cc3)nc3cc(CCC(=O)O)ccc32)C1. The molecule has 1 aliphatic rings. The van der Waals surface area contributed by atoms with Crippen molar-refractivity contribution in [3.05, 3.63) is 48.0 Å². The second-order valence-electron chi connectivity index (χ2n) is 9.63. The molecule has 0 amide bonds. The van der Waals surface area contributed by atoms with E-state index in [2.05, 4.69) is 28.5 Å². The van der Waals surface area contributed by atoms with Gasteiger partial charge in [0.2, 0.25) is 5.95 Å². The maximum Gasteiger partial charge on any atom is 0.573 e. The van der Waals surface area contributed by atoms with Crippen LogP contribution in [-0.4, -0.2) is 27.0 Å². The van der Waals surface area contributed by atoms with Gasteiger partial charge in [0.05, 0.1) is 11.0 Å². The average Bonchev–Trinajstić information content (AvgIpc) is 3.09. The number of carbonyl (C=O) groups is 1. The number of aliphatic carboxylic acids is 1. The molecule has 1 heterocycles. The molecule has 1 saturated carbocycles. The van der Waals surface area contributed by atoms with Crippen molar-refractivity contribution in [1.29, 1.82) is 0 Å². The molecule has 0 bridgehead atoms. The van der Waals surface area contributed by atoms with Gasteiger partial charge in [0.1, 0.15) is 5.75 Å². The van der Waals surface area contributed by atoms with Crippen molar-refractivity contribution in [2.75, 3.05) is 5.32 Å². The first-order valence-electron chi connectivity index (χ1n) is 11.3. The summed E-state index contributed by atoms with van der Waals surface area (Å²) in [5, 5.41) is 12.3. The molecular weight excluding hydrogens is 447 g/mol. The summed E-state index contributed by atoms with van der Waals surface area (Å²) in [6, 6.07) is 11.6. The zero-order valence-corrected chi connectivity index (χ0v) is 19.2. The van der Waals surface area contributed by atoms with Gasteiger partial charge < -0.3 is 19.7 Å². The van der Waals surface area contributed by atoms with Crippen molar-refractivity contribution in [2.45, 2.75) is 64.8 Å². The van der Waals surface area contributed by atoms with Gasteiger partial charge in [-0.05, 0) is 73.1 Å². The van der Waals surface area contributed by atoms with Gasteiger partial charge in [0, 0.05) is 18.2 Å². The summed E-state index contributed by atoms with van der Waals surface area (Å²) >= 11 is 0. The van der Waals surface area contributed by atoms with E-state index >= 15 is 0 Å². The minimum absolute atomic E-state index is 0.0421. The number of aryl methyl sites for hydroxylation is 1. The number of nitrogens with zero attached hydrogens (tertiary/aromatic N) is 2. The Kier molecular flexibility index (Phi) is 6.47. The van der Waals surface area contributed by atoms with E-state index in [1.807, 2.05) is 18.2 Å². The number of rotatable bonds is 7. The second-order valence-corrected chi connectivity index (χ2v) is 9.63. The number of benzene rings is 2. The third kappa shape index (κ3) is 5.81. The Labute approximate surface area is 195 Å². The van der Waals surface area contributed by atoms with Crippen LogP contribution in [0.4, 0.5) is 24.8 Å². The molecule has 1 aliphatic carbocycles. The van der Waals surface area contributed by atoms with Crippen LogP contribution in [0.2, 0.25) is 0 Å². The number of fused-ring (bicyclic) bond motifs is 1. The van der Waals surface area contributed by atoms with E-state index in [9.17, 15) is 18.0 Å². The largest absolute Gasteiger partial charge is 0.573 e. The number of ether oxygens (including phenoxy) is 1. The van der Waals surface area contributed by atoms with Crippen molar-refractivity contribution in [3.8, 4) is 5.75 Å². The van der Waals surface area contributed by atoms with Gasteiger partial charge in [-0.15, -0.1) is 13.2 Å². The molecule has 2 aromatic carbocycles. The van der Waals surface area contributed by atoms with E-state index in [0.29, 0.717) is 18.1 Å². The summed E-state index contributed by atoms with van der Waals surface area (Å²) in [5.74, 6) is -0.531. The molecule has 0 aliphatic heterocycles. The van der Waals surface area contributed by atoms with Crippen LogP contribution in [-0.2, 0) is 11.2 Å². The Bertz CT molecular complexity index is 1170. The molecule has 0 spiro atoms. The fourth-order valence-electron chi connectivity index (χ4n) is 4.76. The topological polar surface area (TPSA) is 76.4 Å². The Morgan fingerprint density at radius 2 is 1.97 bits per heavy atom. The van der Waals surface area contributed by atoms with E-state index in [1.54, 1.807) is 0 Å². The highest BCUT2D eigenvalue weighted by Gasteiger charge is 2.32. The van der Waals surface area contributed by atoms with Crippen LogP contribution in [0.15, 0.2) is 42.5 Å². The fraction of sp³-hybridized carbons (Fsp3) is 0.440. The van der Waals surface area contributed by atoms with E-state index in [1.165, 1.54) is 24.3 Å². The maximum atomic E-state index is 12.5. The molecule has 2 N–H and O–H groups in total. The van der Waals surface area contributed by atoms with Crippen LogP contribution >= 0.6 is 0 Å². The lowest BCUT2D eigenvalue weighted by atomic mass is 9.75. The highest BCUT2D eigenvalue weighted by atomic mass is 19.4. The smallest absolute Gasteiger partial charge is 0.481 e. The summed E-state index contributed by atoms with van der Waals surface area (Å²) in [6.07, 6.45) is -0.0572. The summed E-state index contributed by atoms with van der Waals surface area (Å²) in [5.41, 5.74) is 3.37. The van der Waals surface area contributed by atoms with Crippen molar-refractivity contribution in [3.63, 3.8) is 0 Å². The normalized spacial score (nSPS) is 18.1. The number of aromatic nitrogens is 2. The minimum Gasteiger partial charge on any atom is -0.481 e. The van der Waals surface area contributed by atoms with Crippen molar-refractivity contribution in [1.82, 2.24) is 9.55 Å². The number of hydrogen-bond donors (Lipinski definition) is 2. The van der Waals surface area contributed by atoms with Crippen LogP contribution < -0.4 is 10.1 Å². The lowest BCUT2D eigenvalue weighted by Gasteiger charge is -2.36. The number of carboxylic acids is 1. The number of alkyl halides is 3. The molecule has 9 heteroatoms. The van der Waals surface area contributed by atoms with Crippen LogP contribution in [0.25, 0.3) is 11.0 Å². The molecule has 34 heavy (non-hydrogen) atoms. The molecule has 1 fully saturated rings. The van der Waals surface area contributed by atoms with Crippen molar-refractivity contribution >= 4 is 28.6 Å². The Balaban J connectivity index is 1.68. The van der Waals surface area contributed by atoms with Gasteiger partial charge in [-0.1, -0.05) is 26.3 Å². The van der Waals surface area contributed by atoms with Gasteiger partial charge in [0.15, 0.2) is 0 Å². The van der Waals surface area contributed by atoms with Crippen LogP contribution in [0.5, 0.6) is 5.75 Å². The lowest BCUT2D eigenvalue weighted by Crippen LogP contribution is -2.25. The first-order valence-corrected chi connectivity index (χ1v) is 11.3. The van der Waals surface area contributed by atoms with Gasteiger partial charge in [0.25, 0.3) is 0 Å². The molecule has 0 radical (unpaired) electrons. The van der Waals surface area contributed by atoms with Crippen molar-refractivity contribution in [2.24, 2.45) is 5.41 Å². The summed E-state index contributed by atoms with van der Waals surface area (Å²) in [7, 11) is 0. The second kappa shape index (κ2) is 9.19. The van der Waals surface area contributed by atoms with Crippen LogP contribution in [0.3, 0.4) is 0 Å². The van der Waals surface area contributed by atoms with Gasteiger partial charge in [-0.2, -0.15) is 0 Å². The molecule has 182 valence electrons. The van der Waals surface area contributed by atoms with E-state index in [0.717, 1.165) is 42.3 Å². The first kappa shape index (κ1) is 23.9. The van der Waals surface area contributed by atoms with Gasteiger partial charge in [-0.3, -0.25) is 4.79 Å². The molecule has 1 aromatic heterocycles. The number of anilines is 2. The summed E-state index contributed by atoms with van der Waals surface area (Å²) < 4.78 is 43.6. The maximum absolute atomic E-state index is 12.5. The molecule has 3 aromatic rings. The molecule has 4 rings (SSSR count). The van der Waals surface area contributed by atoms with Gasteiger partial charge >= 0.3 is 12.3 Å². The summed E-state index contributed by atoms with van der Waals surface area (Å²) in [6.45, 7) is 4.52. The van der Waals surface area contributed by atoms with Crippen LogP contribution in [0.1, 0.15) is 57.6 Å². The van der Waals surface area contributed by atoms with Crippen molar-refractivity contribution < 1.29 is 27.8 Å². The number of halogens is 3. The number of imidazole rings is 1. The van der Waals surface area contributed by atoms with E-state index < -0.39 is 12.3 Å². The molecule has 1 atom stereocenters. The predicted molar refractivity (Wildman–Crippen MR) is 123 cm³/mol. The summed E-state index contributed by atoms with van der Waals surface area (Å²) in [4.78, 5) is 15.8. The minimum atomic E-state index is -4.74. The molecule has 6 nitrogen and oxygen atoms in total. The first-order chi connectivity index (χ1) is 16.0. The highest BCUT2D eigenvalue weighted by Crippen LogP contribution is 2.43. The molecular formula is C25H28F3N3O3. The highest BCUT2D eigenvalue weighted by molar-refractivity contribution is 5.81. The molecule has 1 unspecified atom stereocenters. The van der Waals surface area contributed by atoms with Crippen LogP contribution in [0, 0.1) is 5.41 Å². The fourth-order valence-corrected chi connectivity index (χ4v) is 4.76. The quantitative estimate of drug-likeness (QED) is 0.391. The Hall–Kier alpha value is -3.23. The van der Waals surface area contributed by atoms with E-state index in [-0.39, 0.29) is 23.6 Å². The number of nitrogens with one attached hydrogen (secondary N) is 1. The number of carboxylic acid groups (broad SMARTS) is 1. The zero-order chi connectivity index (χ0) is 24.5. The monoisotopic (exact) mass is 475 g/mol. The average molecular weight is 476 g/mol. The number of hydrogen-bond acceptors (Lipinski definition) is 4. The third-order valence-electron chi connectivity index (χ3n) is 6.27. The third-order valence-corrected chi connectivity index (χ3v) is 6.27. The Morgan fingerprint density at radius 3 is 2.62 bits per heavy atom. The Morgan fingerprint density at radius 1 is 1.24 bits per heavy atom. The standard InChI is InChI=1S/C25H28F3N3O3/c1-24(2)13-3-4-18(15-24)31-21-11-5-16(6-12-22(32)33)14-20(21)30-23(31)29-17-7-9-19(10-8-17)34-25(26,27)28/h5,7-11,14,18H,3-4,6,12-13,15H2,1-2H3,(H,29,30)(H,32,33).